The minimum Gasteiger partial charge on any atom is -0.356 e. The van der Waals surface area contributed by atoms with Crippen LogP contribution in [0.4, 0.5) is 5.82 Å². The molecule has 2 fully saturated rings. The molecule has 1 aromatic rings. The second-order valence-corrected chi connectivity index (χ2v) is 5.69. The Kier molecular flexibility index (Phi) is 3.31. The summed E-state index contributed by atoms with van der Waals surface area (Å²) in [4.78, 5) is 22.0. The number of halogens is 1. The number of aromatic nitrogens is 2. The fourth-order valence-electron chi connectivity index (χ4n) is 3.03. The van der Waals surface area contributed by atoms with E-state index in [9.17, 15) is 4.79 Å². The van der Waals surface area contributed by atoms with E-state index < -0.39 is 0 Å². The molecule has 102 valence electrons. The van der Waals surface area contributed by atoms with E-state index in [4.69, 9.17) is 11.6 Å². The van der Waals surface area contributed by atoms with Crippen molar-refractivity contribution in [2.24, 2.45) is 5.92 Å². The Morgan fingerprint density at radius 2 is 2.32 bits per heavy atom. The summed E-state index contributed by atoms with van der Waals surface area (Å²) in [6.45, 7) is 3.83. The van der Waals surface area contributed by atoms with Crippen molar-refractivity contribution >= 4 is 23.3 Å². The van der Waals surface area contributed by atoms with Gasteiger partial charge in [0.15, 0.2) is 0 Å². The molecule has 0 radical (unpaired) electrons. The first kappa shape index (κ1) is 12.7. The Morgan fingerprint density at radius 1 is 1.47 bits per heavy atom. The van der Waals surface area contributed by atoms with Crippen LogP contribution in [0.3, 0.4) is 0 Å². The molecule has 0 spiro atoms. The predicted octanol–water partition coefficient (Wildman–Crippen LogP) is 1.54. The van der Waals surface area contributed by atoms with Gasteiger partial charge in [-0.3, -0.25) is 4.79 Å². The molecule has 1 aromatic heterocycles. The third kappa shape index (κ3) is 2.52. The Hall–Kier alpha value is -1.36. The van der Waals surface area contributed by atoms with E-state index >= 15 is 0 Å². The van der Waals surface area contributed by atoms with Crippen LogP contribution in [0.2, 0.25) is 5.28 Å². The summed E-state index contributed by atoms with van der Waals surface area (Å²) in [7, 11) is 0. The molecule has 0 aliphatic carbocycles. The van der Waals surface area contributed by atoms with Crippen molar-refractivity contribution < 1.29 is 4.79 Å². The number of fused-ring (bicyclic) bond motifs is 1. The quantitative estimate of drug-likeness (QED) is 0.793. The maximum absolute atomic E-state index is 11.4. The van der Waals surface area contributed by atoms with E-state index in [0.717, 1.165) is 37.3 Å². The molecular formula is C13H17ClN4O. The van der Waals surface area contributed by atoms with Crippen molar-refractivity contribution in [2.45, 2.75) is 32.2 Å². The Morgan fingerprint density at radius 3 is 3.16 bits per heavy atom. The molecule has 1 amide bonds. The second-order valence-electron chi connectivity index (χ2n) is 5.35. The molecule has 1 N–H and O–H groups in total. The lowest BCUT2D eigenvalue weighted by Crippen LogP contribution is -2.54. The summed E-state index contributed by atoms with van der Waals surface area (Å²) in [6, 6.07) is 0.329. The van der Waals surface area contributed by atoms with E-state index in [-0.39, 0.29) is 5.91 Å². The van der Waals surface area contributed by atoms with Gasteiger partial charge < -0.3 is 10.2 Å². The van der Waals surface area contributed by atoms with Gasteiger partial charge in [0.2, 0.25) is 11.2 Å². The van der Waals surface area contributed by atoms with Crippen LogP contribution in [-0.4, -0.2) is 35.0 Å². The van der Waals surface area contributed by atoms with Crippen molar-refractivity contribution in [3.8, 4) is 0 Å². The summed E-state index contributed by atoms with van der Waals surface area (Å²) in [6.07, 6.45) is 4.33. The van der Waals surface area contributed by atoms with Crippen LogP contribution in [0.5, 0.6) is 0 Å². The van der Waals surface area contributed by atoms with Gasteiger partial charge in [-0.25, -0.2) is 9.97 Å². The number of nitrogens with zero attached hydrogens (tertiary/aromatic N) is 3. The molecule has 0 bridgehead atoms. The molecule has 0 saturated carbocycles. The highest BCUT2D eigenvalue weighted by atomic mass is 35.5. The SMILES string of the molecule is Cc1cnc(Cl)nc1N1CCC2NC(=O)CCC2C1. The molecule has 2 unspecified atom stereocenters. The number of anilines is 1. The van der Waals surface area contributed by atoms with E-state index in [1.165, 1.54) is 0 Å². The van der Waals surface area contributed by atoms with Gasteiger partial charge in [0.25, 0.3) is 0 Å². The third-order valence-electron chi connectivity index (χ3n) is 4.04. The monoisotopic (exact) mass is 280 g/mol. The first-order valence-electron chi connectivity index (χ1n) is 6.67. The average Bonchev–Trinajstić information content (AvgIpc) is 2.41. The summed E-state index contributed by atoms with van der Waals surface area (Å²) in [5.41, 5.74) is 1.04. The van der Waals surface area contributed by atoms with Gasteiger partial charge in [-0.2, -0.15) is 0 Å². The molecule has 2 aliphatic heterocycles. The highest BCUT2D eigenvalue weighted by Crippen LogP contribution is 2.29. The standard InChI is InChI=1S/C13H17ClN4O/c1-8-6-15-13(14)17-12(8)18-5-4-10-9(7-18)2-3-11(19)16-10/h6,9-10H,2-5,7H2,1H3,(H,16,19). The van der Waals surface area contributed by atoms with E-state index in [0.29, 0.717) is 23.7 Å². The molecule has 3 heterocycles. The lowest BCUT2D eigenvalue weighted by Gasteiger charge is -2.42. The molecule has 5 nitrogen and oxygen atoms in total. The number of hydrogen-bond acceptors (Lipinski definition) is 4. The largest absolute Gasteiger partial charge is 0.356 e. The maximum Gasteiger partial charge on any atom is 0.224 e. The number of carbonyl (C=O) groups is 1. The number of aryl methyl sites for hydroxylation is 1. The summed E-state index contributed by atoms with van der Waals surface area (Å²) in [5, 5.41) is 3.38. The van der Waals surface area contributed by atoms with Crippen molar-refractivity contribution in [1.29, 1.82) is 0 Å². The minimum atomic E-state index is 0.191. The molecule has 0 aromatic carbocycles. The number of piperidine rings is 2. The lowest BCUT2D eigenvalue weighted by atomic mass is 9.85. The van der Waals surface area contributed by atoms with Crippen LogP contribution in [0.25, 0.3) is 0 Å². The van der Waals surface area contributed by atoms with E-state index in [2.05, 4.69) is 20.2 Å². The van der Waals surface area contributed by atoms with Gasteiger partial charge in [-0.15, -0.1) is 0 Å². The Balaban J connectivity index is 1.77. The summed E-state index contributed by atoms with van der Waals surface area (Å²) < 4.78 is 0. The fraction of sp³-hybridized carbons (Fsp3) is 0.615. The van der Waals surface area contributed by atoms with Gasteiger partial charge in [0, 0.05) is 37.3 Å². The number of hydrogen-bond donors (Lipinski definition) is 1. The maximum atomic E-state index is 11.4. The normalized spacial score (nSPS) is 26.8. The number of amides is 1. The van der Waals surface area contributed by atoms with Crippen LogP contribution in [-0.2, 0) is 4.79 Å². The average molecular weight is 281 g/mol. The molecular weight excluding hydrogens is 264 g/mol. The predicted molar refractivity (Wildman–Crippen MR) is 73.3 cm³/mol. The van der Waals surface area contributed by atoms with Crippen molar-refractivity contribution in [3.05, 3.63) is 17.0 Å². The number of carbonyl (C=O) groups excluding carboxylic acids is 1. The molecule has 2 atom stereocenters. The molecule has 2 saturated heterocycles. The Labute approximate surface area is 117 Å². The van der Waals surface area contributed by atoms with Crippen molar-refractivity contribution in [1.82, 2.24) is 15.3 Å². The smallest absolute Gasteiger partial charge is 0.224 e. The number of nitrogens with one attached hydrogen (secondary N) is 1. The third-order valence-corrected chi connectivity index (χ3v) is 4.22. The second kappa shape index (κ2) is 4.96. The summed E-state index contributed by atoms with van der Waals surface area (Å²) >= 11 is 5.89. The van der Waals surface area contributed by atoms with Gasteiger partial charge in [-0.05, 0) is 37.3 Å². The topological polar surface area (TPSA) is 58.1 Å². The van der Waals surface area contributed by atoms with Crippen LogP contribution in [0.1, 0.15) is 24.8 Å². The van der Waals surface area contributed by atoms with Crippen molar-refractivity contribution in [2.75, 3.05) is 18.0 Å². The van der Waals surface area contributed by atoms with Crippen LogP contribution in [0, 0.1) is 12.8 Å². The highest BCUT2D eigenvalue weighted by molar-refractivity contribution is 6.28. The molecule has 3 rings (SSSR count). The Bertz CT molecular complexity index is 507. The molecule has 2 aliphatic rings. The van der Waals surface area contributed by atoms with Crippen LogP contribution in [0.15, 0.2) is 6.20 Å². The van der Waals surface area contributed by atoms with E-state index in [1.807, 2.05) is 6.92 Å². The van der Waals surface area contributed by atoms with Gasteiger partial charge in [0.05, 0.1) is 0 Å². The van der Waals surface area contributed by atoms with Gasteiger partial charge in [-0.1, -0.05) is 0 Å². The molecule has 19 heavy (non-hydrogen) atoms. The lowest BCUT2D eigenvalue weighted by molar-refractivity contribution is -0.124. The molecule has 6 heteroatoms. The van der Waals surface area contributed by atoms with E-state index in [1.54, 1.807) is 6.20 Å². The first-order valence-corrected chi connectivity index (χ1v) is 7.05. The van der Waals surface area contributed by atoms with Crippen LogP contribution >= 0.6 is 11.6 Å². The highest BCUT2D eigenvalue weighted by Gasteiger charge is 2.34. The number of rotatable bonds is 1. The first-order chi connectivity index (χ1) is 9.13. The minimum absolute atomic E-state index is 0.191. The van der Waals surface area contributed by atoms with Crippen molar-refractivity contribution in [3.63, 3.8) is 0 Å². The zero-order chi connectivity index (χ0) is 13.4. The van der Waals surface area contributed by atoms with Gasteiger partial charge >= 0.3 is 0 Å². The fourth-order valence-corrected chi connectivity index (χ4v) is 3.16. The zero-order valence-corrected chi connectivity index (χ0v) is 11.7. The van der Waals surface area contributed by atoms with Gasteiger partial charge in [0.1, 0.15) is 5.82 Å². The summed E-state index contributed by atoms with van der Waals surface area (Å²) in [5.74, 6) is 1.63. The zero-order valence-electron chi connectivity index (χ0n) is 10.9. The van der Waals surface area contributed by atoms with Crippen LogP contribution < -0.4 is 10.2 Å².